The third kappa shape index (κ3) is 18.9. The van der Waals surface area contributed by atoms with Crippen molar-refractivity contribution in [3.05, 3.63) is 0 Å². The average Bonchev–Trinajstić information content (AvgIpc) is 0.794. The van der Waals surface area contributed by atoms with Gasteiger partial charge in [-0.1, -0.05) is 0 Å². The van der Waals surface area contributed by atoms with Crippen molar-refractivity contribution in [3.8, 4) is 0 Å². The van der Waals surface area contributed by atoms with Crippen LogP contribution in [0, 0.1) is 0 Å². The lowest BCUT2D eigenvalue weighted by atomic mass is 9.94. The van der Waals surface area contributed by atoms with Gasteiger partial charge in [-0.25, -0.2) is 19.2 Å². The van der Waals surface area contributed by atoms with Crippen LogP contribution in [0.5, 0.6) is 0 Å². The van der Waals surface area contributed by atoms with Gasteiger partial charge in [-0.05, 0) is 0 Å². The van der Waals surface area contributed by atoms with Crippen molar-refractivity contribution in [1.29, 1.82) is 0 Å². The van der Waals surface area contributed by atoms with E-state index in [2.05, 4.69) is 0 Å². The number of ether oxygens (including phenoxy) is 15. The van der Waals surface area contributed by atoms with Crippen LogP contribution in [-0.2, 0) is 121 Å². The van der Waals surface area contributed by atoms with Gasteiger partial charge in [0, 0.05) is 0 Å². The van der Waals surface area contributed by atoms with Crippen LogP contribution in [0.25, 0.3) is 0 Å². The summed E-state index contributed by atoms with van der Waals surface area (Å²) in [6.07, 6.45) is -87.0. The molecule has 0 bridgehead atoms. The van der Waals surface area contributed by atoms with Crippen molar-refractivity contribution in [2.75, 3.05) is 33.0 Å². The van der Waals surface area contributed by atoms with Crippen LogP contribution < -0.4 is 14.2 Å². The lowest BCUT2D eigenvalue weighted by Gasteiger charge is -2.50. The Morgan fingerprint density at radius 1 is 0.260 bits per heavy atom. The van der Waals surface area contributed by atoms with Crippen LogP contribution in [0.4, 0.5) is 0 Å². The maximum atomic E-state index is 13.0. The highest BCUT2D eigenvalue weighted by Gasteiger charge is 2.62. The highest BCUT2D eigenvalue weighted by atomic mass is 32.2. The molecule has 0 radical (unpaired) electrons. The predicted molar refractivity (Wildman–Crippen MR) is 303 cm³/mol. The van der Waals surface area contributed by atoms with Gasteiger partial charge in [-0.3, -0.25) is 13.7 Å². The average molecular weight is 1590 g/mol. The Hall–Kier alpha value is -3.83. The molecule has 0 unspecified atom stereocenters. The molecule has 8 heterocycles. The van der Waals surface area contributed by atoms with E-state index in [4.69, 9.17) is 71.1 Å². The van der Waals surface area contributed by atoms with E-state index in [1.807, 2.05) is 0 Å². The summed E-state index contributed by atoms with van der Waals surface area (Å²) < 4.78 is 189. The molecule has 8 rings (SSSR count). The number of hydrogen-bond acceptors (Lipinski definition) is 43. The van der Waals surface area contributed by atoms with E-state index in [-0.39, 0.29) is 0 Å². The number of aliphatic hydroxyl groups excluding tert-OH is 18. The summed E-state index contributed by atoms with van der Waals surface area (Å²) in [7, 11) is -16.9. The number of aliphatic hydroxyl groups is 18. The molecule has 8 aliphatic heterocycles. The fraction of sp³-hybridized carbons (Fsp3) is 0.917. The standard InChI is InChI=1S/C48H77N3O50S3/c52-1-6-14(57)27(7(2-53)87-6)91-46-24(67)20(63)31(35(99-46)39(72)73)95-43-12(50-103(81,82)83)16(59)29(9(4-55)89-43)93-48-26(69)22(65)33(37(101-48)41(76)77)97-44-13(51-104(84,85)86)17(60)30(10(5-56)90-44)94-47-25(68)21(64)32(36(100-47)40(74)75)96-42-11(49-102(78,79)80)15(58)28(8(3-54)88-42)92-45-23(66)18(61)19(62)34(98-45)38(70)71/h6-37,42-69H,1-5H2,(H,70,71)(H,72,73)(H,74,75)(H,76,77)(H,78,79,80)(H,81,82,83)(H,84,85,86)/t6-,7-,8-,9-,10-,11-,12-,13-,14-,15-,16-,17-,18+,19+,20-,21-,22-,23-,24-,25-,26-,27-,28-,29-,30-,31+,32+,33+,34+,35+,36+,37+,42-,43-,44-,45-,46-,47-,48-/m1/s1. The van der Waals surface area contributed by atoms with Crippen molar-refractivity contribution in [3.63, 3.8) is 0 Å². The van der Waals surface area contributed by atoms with E-state index >= 15 is 0 Å². The summed E-state index contributed by atoms with van der Waals surface area (Å²) in [5, 5.41) is 236. The molecule has 0 aromatic heterocycles. The van der Waals surface area contributed by atoms with E-state index in [0.717, 1.165) is 0 Å². The zero-order valence-corrected chi connectivity index (χ0v) is 54.6. The molecule has 28 N–H and O–H groups in total. The number of carboxylic acid groups (broad SMARTS) is 4. The summed E-state index contributed by atoms with van der Waals surface area (Å²) in [5.41, 5.74) is 0. The molecule has 8 fully saturated rings. The molecule has 0 aromatic rings. The van der Waals surface area contributed by atoms with Crippen molar-refractivity contribution < 1.29 is 241 Å². The van der Waals surface area contributed by atoms with Crippen LogP contribution in [0.2, 0.25) is 0 Å². The first-order valence-corrected chi connectivity index (χ1v) is 34.6. The monoisotopic (exact) mass is 1590 g/mol. The lowest BCUT2D eigenvalue weighted by molar-refractivity contribution is -0.381. The van der Waals surface area contributed by atoms with E-state index < -0.39 is 327 Å². The van der Waals surface area contributed by atoms with Gasteiger partial charge in [0.1, 0.15) is 171 Å². The molecular formula is C48H77N3O50S3. The highest BCUT2D eigenvalue weighted by molar-refractivity contribution is 7.84. The third-order valence-corrected chi connectivity index (χ3v) is 19.1. The normalized spacial score (nSPS) is 47.0. The predicted octanol–water partition coefficient (Wildman–Crippen LogP) is -19.2. The van der Waals surface area contributed by atoms with E-state index in [0.29, 0.717) is 0 Å². The highest BCUT2D eigenvalue weighted by Crippen LogP contribution is 2.40. The number of aliphatic carboxylic acids is 4. The number of nitrogens with one attached hydrogen (secondary N) is 3. The maximum absolute atomic E-state index is 13.0. The molecule has 0 aromatic carbocycles. The minimum atomic E-state index is -5.73. The Labute approximate surface area is 581 Å². The van der Waals surface area contributed by atoms with Crippen LogP contribution >= 0.6 is 0 Å². The molecule has 0 spiro atoms. The molecule has 0 aliphatic carbocycles. The summed E-state index contributed by atoms with van der Waals surface area (Å²) in [5.74, 6) is -8.42. The van der Waals surface area contributed by atoms with Gasteiger partial charge in [0.05, 0.1) is 33.0 Å². The fourth-order valence-corrected chi connectivity index (χ4v) is 14.2. The largest absolute Gasteiger partial charge is 0.479 e. The minimum Gasteiger partial charge on any atom is -0.479 e. The number of hydrogen-bond donors (Lipinski definition) is 28. The second-order valence-corrected chi connectivity index (χ2v) is 27.8. The van der Waals surface area contributed by atoms with Gasteiger partial charge >= 0.3 is 54.8 Å². The van der Waals surface area contributed by atoms with E-state index in [1.54, 1.807) is 0 Å². The summed E-state index contributed by atoms with van der Waals surface area (Å²) in [6, 6.07) is -7.76. The Bertz CT molecular complexity index is 3260. The fourth-order valence-electron chi connectivity index (χ4n) is 12.4. The quantitative estimate of drug-likeness (QED) is 0.0309. The van der Waals surface area contributed by atoms with E-state index in [1.165, 1.54) is 14.2 Å². The molecule has 0 amide bonds. The van der Waals surface area contributed by atoms with Crippen molar-refractivity contribution in [1.82, 2.24) is 14.2 Å². The second-order valence-electron chi connectivity index (χ2n) is 24.2. The Kier molecular flexibility index (Phi) is 28.5. The maximum Gasteiger partial charge on any atom is 0.335 e. The lowest BCUT2D eigenvalue weighted by Crippen LogP contribution is -2.71. The second kappa shape index (κ2) is 34.6. The molecule has 56 heteroatoms. The molecule has 8 aliphatic rings. The molecule has 602 valence electrons. The topological polar surface area (TPSA) is 851 Å². The van der Waals surface area contributed by atoms with E-state index in [9.17, 15) is 170 Å². The van der Waals surface area contributed by atoms with Crippen molar-refractivity contribution in [2.24, 2.45) is 0 Å². The Balaban J connectivity index is 0.971. The summed E-state index contributed by atoms with van der Waals surface area (Å²) >= 11 is 0. The van der Waals surface area contributed by atoms with Crippen LogP contribution in [0.1, 0.15) is 0 Å². The SMILES string of the molecule is O=C(O)[C@H]1O[C@@H](O[C@H]2[C@H](O)[C@@H](NS(=O)(=O)O)[C@@H](O[C@H]3[C@H](O)[C@@H](O)[C@H](O[C@H]4[C@H](O)[C@@H](NS(=O)(=O)O)[C@@H](O[C@H]5[C@H](O)[C@@H](O)[C@H](O[C@H]6[C@H](O)[C@@H](NS(=O)(=O)O)[C@@H](O[C@H]7[C@H](O)[C@@H](O)[C@H](O[C@H]8[C@H](O)[C@@H](CO)O[C@@H]8CO)O[C@@H]7C(=O)O)O[C@@H]6CO)O[C@@H]5C(=O)O)O[C@@H]4CO)O[C@@H]3C(=O)O)O[C@@H]2CO)[C@H](O)[C@@H](O)[C@@H]1O. The number of carbonyl (C=O) groups is 4. The zero-order chi connectivity index (χ0) is 77.6. The van der Waals surface area contributed by atoms with Crippen LogP contribution in [0.3, 0.4) is 0 Å². The van der Waals surface area contributed by atoms with Gasteiger partial charge < -0.3 is 183 Å². The molecule has 39 atom stereocenters. The molecular weight excluding hydrogens is 1510 g/mol. The van der Waals surface area contributed by atoms with Gasteiger partial charge in [0.15, 0.2) is 68.4 Å². The van der Waals surface area contributed by atoms with Crippen LogP contribution in [0.15, 0.2) is 0 Å². The molecule has 104 heavy (non-hydrogen) atoms. The first-order valence-electron chi connectivity index (χ1n) is 30.3. The van der Waals surface area contributed by atoms with Gasteiger partial charge in [0.25, 0.3) is 0 Å². The van der Waals surface area contributed by atoms with Gasteiger partial charge in [0.2, 0.25) is 0 Å². The first-order chi connectivity index (χ1) is 48.4. The number of carboxylic acids is 4. The van der Waals surface area contributed by atoms with Gasteiger partial charge in [-0.15, -0.1) is 0 Å². The molecule has 53 nitrogen and oxygen atoms in total. The smallest absolute Gasteiger partial charge is 0.335 e. The Morgan fingerprint density at radius 2 is 0.481 bits per heavy atom. The summed E-state index contributed by atoms with van der Waals surface area (Å²) in [6.45, 7) is -5.96. The van der Waals surface area contributed by atoms with Crippen LogP contribution in [-0.4, -0.2) is 447 Å². The molecule has 8 saturated heterocycles. The molecule has 0 saturated carbocycles. The third-order valence-electron chi connectivity index (χ3n) is 17.4. The zero-order valence-electron chi connectivity index (χ0n) is 52.2. The Morgan fingerprint density at radius 3 is 0.721 bits per heavy atom. The van der Waals surface area contributed by atoms with Crippen molar-refractivity contribution in [2.45, 2.75) is 239 Å². The first kappa shape index (κ1) is 85.8. The van der Waals surface area contributed by atoms with Crippen molar-refractivity contribution >= 4 is 54.8 Å². The minimum absolute atomic E-state index is 0.831. The number of rotatable bonds is 29. The summed E-state index contributed by atoms with van der Waals surface area (Å²) in [4.78, 5) is 50.1. The van der Waals surface area contributed by atoms with Gasteiger partial charge in [-0.2, -0.15) is 39.4 Å².